The summed E-state index contributed by atoms with van der Waals surface area (Å²) in [6.45, 7) is 0.320. The van der Waals surface area contributed by atoms with E-state index in [-0.39, 0.29) is 11.5 Å². The summed E-state index contributed by atoms with van der Waals surface area (Å²) in [6.07, 6.45) is 1.43. The molecule has 0 fully saturated rings. The number of rotatable bonds is 3. The molecule has 0 aliphatic carbocycles. The monoisotopic (exact) mass is 243 g/mol. The van der Waals surface area contributed by atoms with Gasteiger partial charge in [-0.1, -0.05) is 6.07 Å². The molecule has 0 aliphatic heterocycles. The van der Waals surface area contributed by atoms with Gasteiger partial charge in [-0.25, -0.2) is 20.5 Å². The number of nitrogen functional groups attached to an aromatic ring is 1. The van der Waals surface area contributed by atoms with Crippen LogP contribution in [0.5, 0.6) is 0 Å². The molecular formula is C10H9N7O. The molecule has 0 saturated carbocycles. The second kappa shape index (κ2) is 5.03. The smallest absolute Gasteiger partial charge is 0.283 e. The van der Waals surface area contributed by atoms with Crippen molar-refractivity contribution in [3.8, 4) is 6.07 Å². The summed E-state index contributed by atoms with van der Waals surface area (Å²) in [7, 11) is 0. The summed E-state index contributed by atoms with van der Waals surface area (Å²) >= 11 is 0. The van der Waals surface area contributed by atoms with Crippen LogP contribution in [0.4, 0.5) is 0 Å². The number of aromatic nitrogens is 4. The Kier molecular flexibility index (Phi) is 3.26. The fourth-order valence-electron chi connectivity index (χ4n) is 1.36. The Morgan fingerprint density at radius 1 is 1.56 bits per heavy atom. The van der Waals surface area contributed by atoms with Gasteiger partial charge in [0.05, 0.1) is 12.2 Å². The second-order valence-corrected chi connectivity index (χ2v) is 3.37. The minimum Gasteiger partial charge on any atom is -0.289 e. The molecule has 1 amide bonds. The summed E-state index contributed by atoms with van der Waals surface area (Å²) in [5, 5.41) is 12.5. The van der Waals surface area contributed by atoms with Crippen molar-refractivity contribution in [2.75, 3.05) is 0 Å². The van der Waals surface area contributed by atoms with Crippen molar-refractivity contribution in [2.45, 2.75) is 6.54 Å². The van der Waals surface area contributed by atoms with Crippen molar-refractivity contribution < 1.29 is 4.79 Å². The predicted molar refractivity (Wildman–Crippen MR) is 59.7 cm³/mol. The molecule has 3 N–H and O–H groups in total. The Morgan fingerprint density at radius 3 is 3.06 bits per heavy atom. The van der Waals surface area contributed by atoms with Crippen molar-refractivity contribution in [3.63, 3.8) is 0 Å². The molecule has 18 heavy (non-hydrogen) atoms. The summed E-state index contributed by atoms with van der Waals surface area (Å²) in [5.74, 6) is 4.65. The summed E-state index contributed by atoms with van der Waals surface area (Å²) in [6, 6.07) is 6.80. The predicted octanol–water partition coefficient (Wildman–Crippen LogP) is -0.803. The molecule has 0 atom stereocenters. The van der Waals surface area contributed by atoms with Crippen molar-refractivity contribution in [2.24, 2.45) is 5.84 Å². The fourth-order valence-corrected chi connectivity index (χ4v) is 1.36. The van der Waals surface area contributed by atoms with E-state index in [1.54, 1.807) is 18.2 Å². The largest absolute Gasteiger partial charge is 0.289 e. The molecule has 0 saturated heterocycles. The number of nitriles is 1. The van der Waals surface area contributed by atoms with Crippen molar-refractivity contribution in [1.82, 2.24) is 25.2 Å². The minimum absolute atomic E-state index is 0.0888. The lowest BCUT2D eigenvalue weighted by Gasteiger charge is -2.03. The number of carbonyl (C=O) groups is 1. The fraction of sp³-hybridized carbons (Fsp3) is 0.100. The number of amides is 1. The van der Waals surface area contributed by atoms with Gasteiger partial charge in [-0.3, -0.25) is 10.2 Å². The van der Waals surface area contributed by atoms with Gasteiger partial charge >= 0.3 is 0 Å². The quantitative estimate of drug-likeness (QED) is 0.413. The summed E-state index contributed by atoms with van der Waals surface area (Å²) in [4.78, 5) is 19.2. The number of nitrogens with two attached hydrogens (primary N) is 1. The molecule has 0 unspecified atom stereocenters. The molecule has 2 aromatic rings. The van der Waals surface area contributed by atoms with Gasteiger partial charge in [0.2, 0.25) is 0 Å². The molecule has 0 aromatic carbocycles. The maximum absolute atomic E-state index is 11.3. The summed E-state index contributed by atoms with van der Waals surface area (Å²) < 4.78 is 1.46. The van der Waals surface area contributed by atoms with E-state index >= 15 is 0 Å². The number of carbonyl (C=O) groups excluding carboxylic acids is 1. The van der Waals surface area contributed by atoms with Gasteiger partial charge in [-0.05, 0) is 12.1 Å². The number of nitrogens with one attached hydrogen (secondary N) is 1. The first-order valence-corrected chi connectivity index (χ1v) is 4.99. The number of hydrogen-bond donors (Lipinski definition) is 2. The van der Waals surface area contributed by atoms with Crippen LogP contribution in [-0.4, -0.2) is 25.7 Å². The Morgan fingerprint density at radius 2 is 2.39 bits per heavy atom. The number of hydrazine groups is 1. The Hall–Kier alpha value is -2.79. The highest BCUT2D eigenvalue weighted by Gasteiger charge is 2.07. The molecule has 2 aromatic heterocycles. The molecule has 0 radical (unpaired) electrons. The van der Waals surface area contributed by atoms with Crippen LogP contribution < -0.4 is 11.3 Å². The number of hydrogen-bond acceptors (Lipinski definition) is 6. The van der Waals surface area contributed by atoms with Crippen molar-refractivity contribution in [3.05, 3.63) is 41.7 Å². The van der Waals surface area contributed by atoms with Gasteiger partial charge in [-0.15, -0.1) is 5.10 Å². The van der Waals surface area contributed by atoms with Gasteiger partial charge < -0.3 is 0 Å². The lowest BCUT2D eigenvalue weighted by molar-refractivity contribution is 0.0948. The normalized spacial score (nSPS) is 9.78. The summed E-state index contributed by atoms with van der Waals surface area (Å²) in [5.41, 5.74) is 2.84. The molecule has 2 rings (SSSR count). The third-order valence-corrected chi connectivity index (χ3v) is 2.13. The maximum Gasteiger partial charge on any atom is 0.283 e. The van der Waals surface area contributed by atoms with E-state index in [1.807, 2.05) is 11.5 Å². The average molecular weight is 243 g/mol. The molecule has 0 aliphatic rings. The molecule has 8 nitrogen and oxygen atoms in total. The highest BCUT2D eigenvalue weighted by molar-refractivity contribution is 5.91. The number of pyridine rings is 1. The highest BCUT2D eigenvalue weighted by atomic mass is 16.2. The zero-order valence-corrected chi connectivity index (χ0v) is 9.24. The van der Waals surface area contributed by atoms with Crippen LogP contribution >= 0.6 is 0 Å². The van der Waals surface area contributed by atoms with Crippen LogP contribution in [0.15, 0.2) is 24.5 Å². The number of nitrogens with zero attached hydrogens (tertiary/aromatic N) is 5. The van der Waals surface area contributed by atoms with E-state index in [9.17, 15) is 4.79 Å². The SMILES string of the molecule is N#Cc1ncn(Cc2cccc(C(=O)NN)n2)n1. The highest BCUT2D eigenvalue weighted by Crippen LogP contribution is 2.01. The van der Waals surface area contributed by atoms with E-state index in [2.05, 4.69) is 15.1 Å². The van der Waals surface area contributed by atoms with Crippen molar-refractivity contribution >= 4 is 5.91 Å². The molecule has 0 bridgehead atoms. The van der Waals surface area contributed by atoms with Crippen LogP contribution in [0.2, 0.25) is 0 Å². The second-order valence-electron chi connectivity index (χ2n) is 3.37. The van der Waals surface area contributed by atoms with Gasteiger partial charge in [0.15, 0.2) is 0 Å². The first-order chi connectivity index (χ1) is 8.72. The minimum atomic E-state index is -0.465. The van der Waals surface area contributed by atoms with Crippen LogP contribution in [0.25, 0.3) is 0 Å². The lowest BCUT2D eigenvalue weighted by atomic mass is 10.3. The van der Waals surface area contributed by atoms with Gasteiger partial charge in [0, 0.05) is 0 Å². The zero-order valence-electron chi connectivity index (χ0n) is 9.24. The molecule has 0 spiro atoms. The first-order valence-electron chi connectivity index (χ1n) is 4.99. The molecule has 8 heteroatoms. The van der Waals surface area contributed by atoms with E-state index in [0.717, 1.165) is 0 Å². The van der Waals surface area contributed by atoms with Crippen LogP contribution in [-0.2, 0) is 6.54 Å². The Labute approximate surface area is 102 Å². The molecular weight excluding hydrogens is 234 g/mol. The van der Waals surface area contributed by atoms with E-state index < -0.39 is 5.91 Å². The molecule has 2 heterocycles. The van der Waals surface area contributed by atoms with Gasteiger partial charge in [0.25, 0.3) is 11.7 Å². The van der Waals surface area contributed by atoms with Crippen LogP contribution in [0.1, 0.15) is 22.0 Å². The molecule has 90 valence electrons. The topological polar surface area (TPSA) is 123 Å². The van der Waals surface area contributed by atoms with Crippen LogP contribution in [0.3, 0.4) is 0 Å². The van der Waals surface area contributed by atoms with Gasteiger partial charge in [-0.2, -0.15) is 5.26 Å². The lowest BCUT2D eigenvalue weighted by Crippen LogP contribution is -2.30. The standard InChI is InChI=1S/C10H9N7O/c11-4-9-13-6-17(16-9)5-7-2-1-3-8(14-7)10(18)15-12/h1-3,6H,5,12H2,(H,15,18). The zero-order chi connectivity index (χ0) is 13.0. The van der Waals surface area contributed by atoms with E-state index in [1.165, 1.54) is 11.0 Å². The Balaban J connectivity index is 2.19. The maximum atomic E-state index is 11.3. The third-order valence-electron chi connectivity index (χ3n) is 2.13. The first kappa shape index (κ1) is 11.7. The Bertz CT molecular complexity index is 613. The van der Waals surface area contributed by atoms with E-state index in [4.69, 9.17) is 11.1 Å². The van der Waals surface area contributed by atoms with Crippen molar-refractivity contribution in [1.29, 1.82) is 5.26 Å². The van der Waals surface area contributed by atoms with E-state index in [0.29, 0.717) is 12.2 Å². The van der Waals surface area contributed by atoms with Crippen LogP contribution in [0, 0.1) is 11.3 Å². The van der Waals surface area contributed by atoms with Gasteiger partial charge in [0.1, 0.15) is 18.1 Å². The third kappa shape index (κ3) is 2.47. The average Bonchev–Trinajstić information content (AvgIpc) is 2.86.